The SMILES string of the molecule is Cc1nnc2n1CCN(C(=O)N(C)C)C2C(=O)N1CCCC1. The van der Waals surface area contributed by atoms with Gasteiger partial charge in [-0.25, -0.2) is 4.79 Å². The zero-order valence-electron chi connectivity index (χ0n) is 13.3. The van der Waals surface area contributed by atoms with Gasteiger partial charge in [0, 0.05) is 40.3 Å². The van der Waals surface area contributed by atoms with Gasteiger partial charge < -0.3 is 19.3 Å². The lowest BCUT2D eigenvalue weighted by atomic mass is 10.1. The lowest BCUT2D eigenvalue weighted by Crippen LogP contribution is -2.52. The lowest BCUT2D eigenvalue weighted by Gasteiger charge is -2.37. The molecule has 0 bridgehead atoms. The number of carbonyl (C=O) groups is 2. The lowest BCUT2D eigenvalue weighted by molar-refractivity contribution is -0.136. The number of aromatic nitrogens is 3. The Morgan fingerprint density at radius 3 is 2.41 bits per heavy atom. The summed E-state index contributed by atoms with van der Waals surface area (Å²) in [6.07, 6.45) is 2.04. The molecule has 1 atom stereocenters. The van der Waals surface area contributed by atoms with Crippen molar-refractivity contribution in [3.63, 3.8) is 0 Å². The third kappa shape index (κ3) is 2.32. The van der Waals surface area contributed by atoms with Crippen molar-refractivity contribution in [2.75, 3.05) is 33.7 Å². The van der Waals surface area contributed by atoms with E-state index in [4.69, 9.17) is 0 Å². The maximum absolute atomic E-state index is 12.9. The summed E-state index contributed by atoms with van der Waals surface area (Å²) in [5.74, 6) is 1.32. The summed E-state index contributed by atoms with van der Waals surface area (Å²) in [7, 11) is 3.40. The molecule has 8 heteroatoms. The molecule has 1 aromatic rings. The van der Waals surface area contributed by atoms with E-state index in [1.807, 2.05) is 16.4 Å². The number of carbonyl (C=O) groups excluding carboxylic acids is 2. The molecule has 120 valence electrons. The number of hydrogen-bond donors (Lipinski definition) is 0. The Morgan fingerprint density at radius 1 is 1.09 bits per heavy atom. The second kappa shape index (κ2) is 5.58. The maximum Gasteiger partial charge on any atom is 0.320 e. The van der Waals surface area contributed by atoms with Gasteiger partial charge in [-0.1, -0.05) is 0 Å². The predicted octanol–water partition coefficient (Wildman–Crippen LogP) is 0.247. The molecule has 1 saturated heterocycles. The summed E-state index contributed by atoms with van der Waals surface area (Å²) in [6, 6.07) is -0.826. The van der Waals surface area contributed by atoms with Crippen molar-refractivity contribution >= 4 is 11.9 Å². The van der Waals surface area contributed by atoms with Gasteiger partial charge in [0.25, 0.3) is 5.91 Å². The molecule has 8 nitrogen and oxygen atoms in total. The number of urea groups is 1. The Labute approximate surface area is 129 Å². The van der Waals surface area contributed by atoms with Crippen LogP contribution in [0.3, 0.4) is 0 Å². The summed E-state index contributed by atoms with van der Waals surface area (Å²) >= 11 is 0. The highest BCUT2D eigenvalue weighted by atomic mass is 16.2. The maximum atomic E-state index is 12.9. The van der Waals surface area contributed by atoms with Crippen LogP contribution in [0.2, 0.25) is 0 Å². The van der Waals surface area contributed by atoms with Crippen molar-refractivity contribution in [2.24, 2.45) is 0 Å². The molecule has 3 rings (SSSR count). The molecule has 1 aromatic heterocycles. The first-order valence-electron chi connectivity index (χ1n) is 7.67. The number of likely N-dealkylation sites (tertiary alicyclic amines) is 1. The highest BCUT2D eigenvalue weighted by Gasteiger charge is 2.41. The molecule has 0 spiro atoms. The molecular formula is C14H22N6O2. The van der Waals surface area contributed by atoms with Gasteiger partial charge in [-0.2, -0.15) is 0 Å². The van der Waals surface area contributed by atoms with Crippen LogP contribution in [0.5, 0.6) is 0 Å². The van der Waals surface area contributed by atoms with E-state index in [9.17, 15) is 9.59 Å². The molecule has 0 aromatic carbocycles. The average Bonchev–Trinajstić information content (AvgIpc) is 3.15. The van der Waals surface area contributed by atoms with Crippen molar-refractivity contribution in [3.8, 4) is 0 Å². The first-order valence-corrected chi connectivity index (χ1v) is 7.67. The predicted molar refractivity (Wildman–Crippen MR) is 79.1 cm³/mol. The largest absolute Gasteiger partial charge is 0.340 e. The van der Waals surface area contributed by atoms with Gasteiger partial charge in [0.1, 0.15) is 5.82 Å². The zero-order valence-corrected chi connectivity index (χ0v) is 13.3. The molecule has 1 fully saturated rings. The second-order valence-corrected chi connectivity index (χ2v) is 6.06. The van der Waals surface area contributed by atoms with Gasteiger partial charge in [0.2, 0.25) is 0 Å². The van der Waals surface area contributed by atoms with E-state index in [1.165, 1.54) is 4.90 Å². The number of aryl methyl sites for hydroxylation is 1. The van der Waals surface area contributed by atoms with Gasteiger partial charge in [0.15, 0.2) is 11.9 Å². The number of hydrogen-bond acceptors (Lipinski definition) is 4. The Kier molecular flexibility index (Phi) is 3.76. The summed E-state index contributed by atoms with van der Waals surface area (Å²) in [4.78, 5) is 30.4. The van der Waals surface area contributed by atoms with E-state index in [2.05, 4.69) is 10.2 Å². The van der Waals surface area contributed by atoms with Crippen molar-refractivity contribution < 1.29 is 9.59 Å². The number of nitrogens with zero attached hydrogens (tertiary/aromatic N) is 6. The minimum Gasteiger partial charge on any atom is -0.340 e. The van der Waals surface area contributed by atoms with Crippen molar-refractivity contribution in [1.82, 2.24) is 29.5 Å². The number of rotatable bonds is 1. The van der Waals surface area contributed by atoms with E-state index in [0.717, 1.165) is 31.8 Å². The van der Waals surface area contributed by atoms with Gasteiger partial charge >= 0.3 is 6.03 Å². The molecule has 1 unspecified atom stereocenters. The van der Waals surface area contributed by atoms with Gasteiger partial charge in [0.05, 0.1) is 0 Å². The summed E-state index contributed by atoms with van der Waals surface area (Å²) in [5, 5.41) is 8.26. The normalized spacial score (nSPS) is 21.0. The third-order valence-corrected chi connectivity index (χ3v) is 4.37. The summed E-state index contributed by atoms with van der Waals surface area (Å²) in [5.41, 5.74) is 0. The smallest absolute Gasteiger partial charge is 0.320 e. The Balaban J connectivity index is 1.97. The van der Waals surface area contributed by atoms with Crippen LogP contribution >= 0.6 is 0 Å². The van der Waals surface area contributed by atoms with Crippen LogP contribution in [0.15, 0.2) is 0 Å². The minimum atomic E-state index is -0.664. The quantitative estimate of drug-likeness (QED) is 0.745. The second-order valence-electron chi connectivity index (χ2n) is 6.06. The fourth-order valence-electron chi connectivity index (χ4n) is 3.17. The van der Waals surface area contributed by atoms with Crippen LogP contribution in [-0.4, -0.2) is 75.1 Å². The summed E-state index contributed by atoms with van der Waals surface area (Å²) in [6.45, 7) is 4.50. The highest BCUT2D eigenvalue weighted by molar-refractivity contribution is 5.88. The average molecular weight is 306 g/mol. The first kappa shape index (κ1) is 14.8. The van der Waals surface area contributed by atoms with Crippen LogP contribution in [-0.2, 0) is 11.3 Å². The molecule has 0 N–H and O–H groups in total. The molecular weight excluding hydrogens is 284 g/mol. The minimum absolute atomic E-state index is 0.0407. The van der Waals surface area contributed by atoms with Crippen molar-refractivity contribution in [1.29, 1.82) is 0 Å². The molecule has 22 heavy (non-hydrogen) atoms. The van der Waals surface area contributed by atoms with E-state index in [-0.39, 0.29) is 11.9 Å². The number of amides is 3. The van der Waals surface area contributed by atoms with E-state index in [0.29, 0.717) is 18.9 Å². The fourth-order valence-corrected chi connectivity index (χ4v) is 3.17. The van der Waals surface area contributed by atoms with Gasteiger partial charge in [-0.15, -0.1) is 10.2 Å². The fraction of sp³-hybridized carbons (Fsp3) is 0.714. The first-order chi connectivity index (χ1) is 10.5. The van der Waals surface area contributed by atoms with E-state index >= 15 is 0 Å². The van der Waals surface area contributed by atoms with Crippen LogP contribution in [0.4, 0.5) is 4.79 Å². The molecule has 3 amide bonds. The monoisotopic (exact) mass is 306 g/mol. The van der Waals surface area contributed by atoms with E-state index in [1.54, 1.807) is 19.0 Å². The van der Waals surface area contributed by atoms with Crippen LogP contribution in [0.25, 0.3) is 0 Å². The van der Waals surface area contributed by atoms with Gasteiger partial charge in [-0.05, 0) is 19.8 Å². The standard InChI is InChI=1S/C14H22N6O2/c1-10-15-16-12-11(13(21)18-6-4-5-7-18)20(9-8-19(10)12)14(22)17(2)3/h11H,4-9H2,1-3H3. The highest BCUT2D eigenvalue weighted by Crippen LogP contribution is 2.28. The van der Waals surface area contributed by atoms with Crippen LogP contribution < -0.4 is 0 Å². The van der Waals surface area contributed by atoms with Crippen LogP contribution in [0.1, 0.15) is 30.5 Å². The van der Waals surface area contributed by atoms with Crippen LogP contribution in [0, 0.1) is 6.92 Å². The third-order valence-electron chi connectivity index (χ3n) is 4.37. The van der Waals surface area contributed by atoms with E-state index < -0.39 is 6.04 Å². The molecule has 0 radical (unpaired) electrons. The summed E-state index contributed by atoms with van der Waals surface area (Å²) < 4.78 is 1.94. The van der Waals surface area contributed by atoms with Crippen molar-refractivity contribution in [3.05, 3.63) is 11.6 Å². The Bertz CT molecular complexity index is 590. The Morgan fingerprint density at radius 2 is 1.77 bits per heavy atom. The number of fused-ring (bicyclic) bond motifs is 1. The van der Waals surface area contributed by atoms with Gasteiger partial charge in [-0.3, -0.25) is 4.79 Å². The Hall–Kier alpha value is -2.12. The van der Waals surface area contributed by atoms with Crippen molar-refractivity contribution in [2.45, 2.75) is 32.4 Å². The molecule has 0 saturated carbocycles. The molecule has 3 heterocycles. The molecule has 0 aliphatic carbocycles. The zero-order chi connectivity index (χ0) is 15.9. The molecule has 2 aliphatic heterocycles. The topological polar surface area (TPSA) is 74.6 Å². The molecule has 2 aliphatic rings.